The standard InChI is InChI=1S/C12H11N3O2/c1-16-10-4-7-3-8(6-13)12(14)15-9(7)5-11(10)17-2/h3-5H,1-2H3,(H2,14,15). The number of ether oxygens (including phenoxy) is 2. The summed E-state index contributed by atoms with van der Waals surface area (Å²) in [6.45, 7) is 0. The highest BCUT2D eigenvalue weighted by Crippen LogP contribution is 2.32. The van der Waals surface area contributed by atoms with Gasteiger partial charge in [0.05, 0.1) is 25.3 Å². The van der Waals surface area contributed by atoms with Gasteiger partial charge in [0.1, 0.15) is 11.9 Å². The number of fused-ring (bicyclic) bond motifs is 1. The van der Waals surface area contributed by atoms with Crippen molar-refractivity contribution in [2.45, 2.75) is 0 Å². The molecule has 1 heterocycles. The van der Waals surface area contributed by atoms with E-state index in [1.165, 1.54) is 0 Å². The molecule has 2 N–H and O–H groups in total. The Kier molecular flexibility index (Phi) is 2.71. The minimum atomic E-state index is 0.215. The van der Waals surface area contributed by atoms with Crippen LogP contribution in [0.4, 0.5) is 5.82 Å². The molecule has 5 heteroatoms. The number of hydrogen-bond donors (Lipinski definition) is 1. The number of anilines is 1. The molecule has 1 aromatic heterocycles. The second-order valence-electron chi connectivity index (χ2n) is 3.43. The zero-order valence-corrected chi connectivity index (χ0v) is 9.52. The van der Waals surface area contributed by atoms with Crippen LogP contribution in [0.15, 0.2) is 18.2 Å². The van der Waals surface area contributed by atoms with Crippen molar-refractivity contribution >= 4 is 16.7 Å². The molecule has 2 aromatic rings. The average Bonchev–Trinajstić information content (AvgIpc) is 2.36. The minimum absolute atomic E-state index is 0.215. The van der Waals surface area contributed by atoms with Gasteiger partial charge in [-0.05, 0) is 12.1 Å². The third kappa shape index (κ3) is 1.81. The zero-order chi connectivity index (χ0) is 12.4. The van der Waals surface area contributed by atoms with Crippen LogP contribution >= 0.6 is 0 Å². The Morgan fingerprint density at radius 2 is 1.82 bits per heavy atom. The topological polar surface area (TPSA) is 81.2 Å². The summed E-state index contributed by atoms with van der Waals surface area (Å²) in [5.41, 5.74) is 6.67. The first-order valence-corrected chi connectivity index (χ1v) is 4.92. The summed E-state index contributed by atoms with van der Waals surface area (Å²) in [5.74, 6) is 1.39. The van der Waals surface area contributed by atoms with E-state index in [4.69, 9.17) is 20.5 Å². The highest BCUT2D eigenvalue weighted by Gasteiger charge is 2.09. The Hall–Kier alpha value is -2.48. The van der Waals surface area contributed by atoms with Crippen LogP contribution in [0.25, 0.3) is 10.9 Å². The Labute approximate surface area is 98.4 Å². The zero-order valence-electron chi connectivity index (χ0n) is 9.52. The van der Waals surface area contributed by atoms with Crippen molar-refractivity contribution in [1.29, 1.82) is 5.26 Å². The van der Waals surface area contributed by atoms with Crippen LogP contribution in [0.5, 0.6) is 11.5 Å². The third-order valence-electron chi connectivity index (χ3n) is 2.47. The van der Waals surface area contributed by atoms with Crippen LogP contribution < -0.4 is 15.2 Å². The van der Waals surface area contributed by atoms with Gasteiger partial charge < -0.3 is 15.2 Å². The quantitative estimate of drug-likeness (QED) is 0.847. The van der Waals surface area contributed by atoms with E-state index in [1.807, 2.05) is 6.07 Å². The molecule has 0 atom stereocenters. The molecule has 0 spiro atoms. The molecule has 0 bridgehead atoms. The molecule has 0 amide bonds. The second-order valence-corrected chi connectivity index (χ2v) is 3.43. The van der Waals surface area contributed by atoms with Crippen LogP contribution in [-0.2, 0) is 0 Å². The molecule has 17 heavy (non-hydrogen) atoms. The fourth-order valence-electron chi connectivity index (χ4n) is 1.61. The van der Waals surface area contributed by atoms with Gasteiger partial charge in [-0.25, -0.2) is 4.98 Å². The molecule has 0 saturated carbocycles. The van der Waals surface area contributed by atoms with E-state index in [-0.39, 0.29) is 5.82 Å². The monoisotopic (exact) mass is 229 g/mol. The molecule has 1 aromatic carbocycles. The normalized spacial score (nSPS) is 9.94. The van der Waals surface area contributed by atoms with Crippen molar-refractivity contribution in [2.75, 3.05) is 20.0 Å². The lowest BCUT2D eigenvalue weighted by atomic mass is 10.1. The lowest BCUT2D eigenvalue weighted by Crippen LogP contribution is -1.97. The Bertz CT molecular complexity index is 617. The predicted octanol–water partition coefficient (Wildman–Crippen LogP) is 1.71. The van der Waals surface area contributed by atoms with Gasteiger partial charge in [0.25, 0.3) is 0 Å². The summed E-state index contributed by atoms with van der Waals surface area (Å²) in [5, 5.41) is 9.66. The molecule has 0 unspecified atom stereocenters. The number of aromatic nitrogens is 1. The van der Waals surface area contributed by atoms with Gasteiger partial charge in [-0.2, -0.15) is 5.26 Å². The molecular formula is C12H11N3O2. The first-order valence-electron chi connectivity index (χ1n) is 4.92. The molecule has 0 aliphatic rings. The SMILES string of the molecule is COc1cc2cc(C#N)c(N)nc2cc1OC. The second kappa shape index (κ2) is 4.18. The number of nitriles is 1. The van der Waals surface area contributed by atoms with Gasteiger partial charge in [0, 0.05) is 11.5 Å². The maximum atomic E-state index is 8.88. The van der Waals surface area contributed by atoms with Gasteiger partial charge >= 0.3 is 0 Å². The number of nitrogens with zero attached hydrogens (tertiary/aromatic N) is 2. The van der Waals surface area contributed by atoms with Gasteiger partial charge in [-0.15, -0.1) is 0 Å². The lowest BCUT2D eigenvalue weighted by molar-refractivity contribution is 0.356. The maximum Gasteiger partial charge on any atom is 0.162 e. The predicted molar refractivity (Wildman–Crippen MR) is 64.0 cm³/mol. The van der Waals surface area contributed by atoms with Gasteiger partial charge in [0.2, 0.25) is 0 Å². The van der Waals surface area contributed by atoms with Gasteiger partial charge in [-0.3, -0.25) is 0 Å². The molecular weight excluding hydrogens is 218 g/mol. The Morgan fingerprint density at radius 1 is 1.18 bits per heavy atom. The molecule has 0 radical (unpaired) electrons. The van der Waals surface area contributed by atoms with E-state index < -0.39 is 0 Å². The Morgan fingerprint density at radius 3 is 2.41 bits per heavy atom. The van der Waals surface area contributed by atoms with Crippen molar-refractivity contribution in [3.8, 4) is 17.6 Å². The molecule has 86 valence electrons. The van der Waals surface area contributed by atoms with Crippen LogP contribution in [0.3, 0.4) is 0 Å². The maximum absolute atomic E-state index is 8.88. The van der Waals surface area contributed by atoms with Crippen LogP contribution in [0.2, 0.25) is 0 Å². The average molecular weight is 229 g/mol. The number of nitrogen functional groups attached to an aromatic ring is 1. The van der Waals surface area contributed by atoms with Crippen LogP contribution in [-0.4, -0.2) is 19.2 Å². The van der Waals surface area contributed by atoms with Crippen molar-refractivity contribution in [3.05, 3.63) is 23.8 Å². The smallest absolute Gasteiger partial charge is 0.162 e. The minimum Gasteiger partial charge on any atom is -0.493 e. The number of nitrogens with two attached hydrogens (primary N) is 1. The Balaban J connectivity index is 2.75. The number of rotatable bonds is 2. The fourth-order valence-corrected chi connectivity index (χ4v) is 1.61. The lowest BCUT2D eigenvalue weighted by Gasteiger charge is -2.09. The van der Waals surface area contributed by atoms with E-state index in [2.05, 4.69) is 4.98 Å². The summed E-state index contributed by atoms with van der Waals surface area (Å²) in [4.78, 5) is 4.15. The van der Waals surface area contributed by atoms with Crippen molar-refractivity contribution in [2.24, 2.45) is 0 Å². The number of benzene rings is 1. The van der Waals surface area contributed by atoms with Crippen molar-refractivity contribution in [1.82, 2.24) is 4.98 Å². The van der Waals surface area contributed by atoms with Crippen LogP contribution in [0.1, 0.15) is 5.56 Å². The number of hydrogen-bond acceptors (Lipinski definition) is 5. The summed E-state index contributed by atoms with van der Waals surface area (Å²) in [7, 11) is 3.11. The largest absolute Gasteiger partial charge is 0.493 e. The van der Waals surface area contributed by atoms with E-state index in [1.54, 1.807) is 32.4 Å². The molecule has 0 aliphatic heterocycles. The molecule has 2 rings (SSSR count). The summed E-state index contributed by atoms with van der Waals surface area (Å²) >= 11 is 0. The first-order chi connectivity index (χ1) is 8.19. The van der Waals surface area contributed by atoms with E-state index in [0.717, 1.165) is 5.39 Å². The molecule has 0 saturated heterocycles. The van der Waals surface area contributed by atoms with E-state index in [0.29, 0.717) is 22.6 Å². The van der Waals surface area contributed by atoms with Gasteiger partial charge in [0.15, 0.2) is 11.5 Å². The summed E-state index contributed by atoms with van der Waals surface area (Å²) < 4.78 is 10.4. The summed E-state index contributed by atoms with van der Waals surface area (Å²) in [6.07, 6.45) is 0. The number of pyridine rings is 1. The summed E-state index contributed by atoms with van der Waals surface area (Å²) in [6, 6.07) is 7.17. The fraction of sp³-hybridized carbons (Fsp3) is 0.167. The van der Waals surface area contributed by atoms with Crippen molar-refractivity contribution in [3.63, 3.8) is 0 Å². The van der Waals surface area contributed by atoms with Crippen molar-refractivity contribution < 1.29 is 9.47 Å². The molecule has 0 aliphatic carbocycles. The van der Waals surface area contributed by atoms with E-state index >= 15 is 0 Å². The highest BCUT2D eigenvalue weighted by atomic mass is 16.5. The molecule has 5 nitrogen and oxygen atoms in total. The van der Waals surface area contributed by atoms with Crippen LogP contribution in [0, 0.1) is 11.3 Å². The number of methoxy groups -OCH3 is 2. The first kappa shape index (κ1) is 11.0. The third-order valence-corrected chi connectivity index (χ3v) is 2.47. The molecule has 0 fully saturated rings. The van der Waals surface area contributed by atoms with Gasteiger partial charge in [-0.1, -0.05) is 0 Å². The van der Waals surface area contributed by atoms with E-state index in [9.17, 15) is 0 Å². The highest BCUT2D eigenvalue weighted by molar-refractivity contribution is 5.85.